The van der Waals surface area contributed by atoms with Gasteiger partial charge in [-0.15, -0.1) is 0 Å². The lowest BCUT2D eigenvalue weighted by atomic mass is 10.0. The Balaban J connectivity index is 4.36. The van der Waals surface area contributed by atoms with Gasteiger partial charge in [-0.3, -0.25) is 14.4 Å². The number of hydrogen-bond donors (Lipinski definition) is 0. The number of unbranched alkanes of at least 4 members (excludes halogenated alkanes) is 34. The maximum atomic E-state index is 12.8. The summed E-state index contributed by atoms with van der Waals surface area (Å²) in [6.07, 6.45) is 62.7. The van der Waals surface area contributed by atoms with Crippen molar-refractivity contribution < 1.29 is 28.6 Å². The van der Waals surface area contributed by atoms with Crippen LogP contribution in [0.15, 0.2) is 36.5 Å². The van der Waals surface area contributed by atoms with Crippen LogP contribution in [0.3, 0.4) is 0 Å². The molecule has 1 unspecified atom stereocenters. The molecule has 0 aromatic carbocycles. The fraction of sp³-hybridized carbons (Fsp3) is 0.845. The molecule has 6 heteroatoms. The highest BCUT2D eigenvalue weighted by Crippen LogP contribution is 2.16. The normalized spacial score (nSPS) is 12.2. The molecule has 0 radical (unpaired) electrons. The maximum absolute atomic E-state index is 12.8. The van der Waals surface area contributed by atoms with Gasteiger partial charge < -0.3 is 14.2 Å². The van der Waals surface area contributed by atoms with Crippen molar-refractivity contribution >= 4 is 17.9 Å². The van der Waals surface area contributed by atoms with Crippen molar-refractivity contribution in [1.29, 1.82) is 0 Å². The Kier molecular flexibility index (Phi) is 51.3. The smallest absolute Gasteiger partial charge is 0.306 e. The van der Waals surface area contributed by atoms with Gasteiger partial charge in [-0.05, 0) is 70.6 Å². The molecule has 0 amide bonds. The van der Waals surface area contributed by atoms with Gasteiger partial charge >= 0.3 is 17.9 Å². The molecule has 0 heterocycles. The predicted octanol–water partition coefficient (Wildman–Crippen LogP) is 18.5. The Hall–Kier alpha value is -2.37. The highest BCUT2D eigenvalue weighted by Gasteiger charge is 2.19. The van der Waals surface area contributed by atoms with Crippen LogP contribution < -0.4 is 0 Å². The first-order valence-corrected chi connectivity index (χ1v) is 28.0. The van der Waals surface area contributed by atoms with Gasteiger partial charge in [-0.1, -0.05) is 243 Å². The van der Waals surface area contributed by atoms with Crippen LogP contribution in [0, 0.1) is 0 Å². The second-order valence-corrected chi connectivity index (χ2v) is 18.8. The molecule has 64 heavy (non-hydrogen) atoms. The second kappa shape index (κ2) is 53.2. The summed E-state index contributed by atoms with van der Waals surface area (Å²) in [5.74, 6) is -0.879. The van der Waals surface area contributed by atoms with Gasteiger partial charge in [-0.2, -0.15) is 0 Å². The molecule has 0 saturated heterocycles. The fourth-order valence-corrected chi connectivity index (χ4v) is 8.10. The van der Waals surface area contributed by atoms with Crippen LogP contribution in [0.1, 0.15) is 297 Å². The van der Waals surface area contributed by atoms with Crippen LogP contribution in [-0.2, 0) is 28.6 Å². The molecule has 0 aromatic heterocycles. The van der Waals surface area contributed by atoms with E-state index in [1.165, 1.54) is 180 Å². The van der Waals surface area contributed by atoms with E-state index in [1.54, 1.807) is 0 Å². The van der Waals surface area contributed by atoms with Crippen molar-refractivity contribution in [3.05, 3.63) is 36.5 Å². The van der Waals surface area contributed by atoms with E-state index in [0.29, 0.717) is 19.3 Å². The van der Waals surface area contributed by atoms with E-state index in [9.17, 15) is 14.4 Å². The average molecular weight is 899 g/mol. The molecule has 6 nitrogen and oxygen atoms in total. The van der Waals surface area contributed by atoms with Crippen LogP contribution in [0.5, 0.6) is 0 Å². The van der Waals surface area contributed by atoms with Crippen molar-refractivity contribution in [2.24, 2.45) is 0 Å². The molecule has 0 aliphatic heterocycles. The quantitative estimate of drug-likeness (QED) is 0.0262. The molecule has 0 aliphatic carbocycles. The Morgan fingerprint density at radius 1 is 0.312 bits per heavy atom. The lowest BCUT2D eigenvalue weighted by Crippen LogP contribution is -2.30. The van der Waals surface area contributed by atoms with Crippen LogP contribution in [-0.4, -0.2) is 37.2 Å². The highest BCUT2D eigenvalue weighted by atomic mass is 16.6. The maximum Gasteiger partial charge on any atom is 0.306 e. The van der Waals surface area contributed by atoms with E-state index in [-0.39, 0.29) is 31.1 Å². The molecule has 0 saturated carbocycles. The Morgan fingerprint density at radius 3 is 0.922 bits per heavy atom. The number of allylic oxidation sites excluding steroid dienone is 6. The fourth-order valence-electron chi connectivity index (χ4n) is 8.10. The number of carbonyl (C=O) groups excluding carboxylic acids is 3. The summed E-state index contributed by atoms with van der Waals surface area (Å²) in [4.78, 5) is 38.1. The van der Waals surface area contributed by atoms with Crippen molar-refractivity contribution in [3.8, 4) is 0 Å². The monoisotopic (exact) mass is 899 g/mol. The third-order valence-electron chi connectivity index (χ3n) is 12.4. The average Bonchev–Trinajstić information content (AvgIpc) is 3.29. The zero-order chi connectivity index (χ0) is 46.5. The molecular weight excluding hydrogens is 793 g/mol. The minimum absolute atomic E-state index is 0.0757. The number of esters is 3. The van der Waals surface area contributed by atoms with Crippen molar-refractivity contribution in [2.45, 2.75) is 303 Å². The summed E-state index contributed by atoms with van der Waals surface area (Å²) in [6.45, 7) is 6.61. The van der Waals surface area contributed by atoms with Crippen LogP contribution in [0.25, 0.3) is 0 Å². The van der Waals surface area contributed by atoms with Gasteiger partial charge in [0.1, 0.15) is 13.2 Å². The summed E-state index contributed by atoms with van der Waals surface area (Å²) in [5.41, 5.74) is 0. The Labute approximate surface area is 397 Å². The number of hydrogen-bond acceptors (Lipinski definition) is 6. The van der Waals surface area contributed by atoms with Gasteiger partial charge in [0, 0.05) is 19.3 Å². The van der Waals surface area contributed by atoms with Crippen molar-refractivity contribution in [1.82, 2.24) is 0 Å². The summed E-state index contributed by atoms with van der Waals surface area (Å²) < 4.78 is 16.8. The second-order valence-electron chi connectivity index (χ2n) is 18.8. The summed E-state index contributed by atoms with van der Waals surface area (Å²) in [7, 11) is 0. The lowest BCUT2D eigenvalue weighted by Gasteiger charge is -2.18. The van der Waals surface area contributed by atoms with Crippen LogP contribution in [0.2, 0.25) is 0 Å². The largest absolute Gasteiger partial charge is 0.462 e. The van der Waals surface area contributed by atoms with Crippen molar-refractivity contribution in [2.75, 3.05) is 13.2 Å². The van der Waals surface area contributed by atoms with Gasteiger partial charge in [-0.25, -0.2) is 0 Å². The van der Waals surface area contributed by atoms with Gasteiger partial charge in [0.2, 0.25) is 0 Å². The SMILES string of the molecule is CCCC/C=C\C/C=C\CCCCCCCC(=O)OCC(COC(=O)CCCCCCCCC/C=C\CCCCCCCC)OC(=O)CCCCCCCCCCCCCCCCC. The molecular formula is C58H106O6. The van der Waals surface area contributed by atoms with Crippen LogP contribution in [0.4, 0.5) is 0 Å². The molecule has 0 N–H and O–H groups in total. The zero-order valence-electron chi connectivity index (χ0n) is 42.8. The standard InChI is InChI=1S/C58H106O6/c1-4-7-10-13-16-19-22-25-28-29-31-33-36-39-42-45-48-51-57(60)63-54-55(53-62-56(59)50-47-44-41-38-35-32-27-24-21-18-15-12-9-6-3)64-58(61)52-49-46-43-40-37-34-30-26-23-20-17-14-11-8-5-2/h15,18,24-25,27-28,55H,4-14,16-17,19-23,26,29-54H2,1-3H3/b18-15-,27-24-,28-25-. The van der Waals surface area contributed by atoms with E-state index in [4.69, 9.17) is 14.2 Å². The molecule has 374 valence electrons. The minimum Gasteiger partial charge on any atom is -0.462 e. The molecule has 0 bridgehead atoms. The van der Waals surface area contributed by atoms with E-state index in [2.05, 4.69) is 57.2 Å². The number of rotatable bonds is 51. The van der Waals surface area contributed by atoms with Crippen molar-refractivity contribution in [3.63, 3.8) is 0 Å². The minimum atomic E-state index is -0.776. The molecule has 0 rings (SSSR count). The molecule has 0 aliphatic rings. The molecule has 1 atom stereocenters. The van der Waals surface area contributed by atoms with Crippen LogP contribution >= 0.6 is 0 Å². The first kappa shape index (κ1) is 61.6. The van der Waals surface area contributed by atoms with E-state index in [1.807, 2.05) is 0 Å². The Morgan fingerprint density at radius 2 is 0.578 bits per heavy atom. The summed E-state index contributed by atoms with van der Waals surface area (Å²) in [6, 6.07) is 0. The summed E-state index contributed by atoms with van der Waals surface area (Å²) >= 11 is 0. The highest BCUT2D eigenvalue weighted by molar-refractivity contribution is 5.71. The topological polar surface area (TPSA) is 78.9 Å². The Bertz CT molecular complexity index is 1080. The first-order chi connectivity index (χ1) is 31.5. The van der Waals surface area contributed by atoms with E-state index >= 15 is 0 Å². The van der Waals surface area contributed by atoms with Gasteiger partial charge in [0.25, 0.3) is 0 Å². The molecule has 0 aromatic rings. The predicted molar refractivity (Wildman–Crippen MR) is 275 cm³/mol. The third-order valence-corrected chi connectivity index (χ3v) is 12.4. The summed E-state index contributed by atoms with van der Waals surface area (Å²) in [5, 5.41) is 0. The van der Waals surface area contributed by atoms with E-state index in [0.717, 1.165) is 77.0 Å². The molecule has 0 fully saturated rings. The van der Waals surface area contributed by atoms with E-state index < -0.39 is 6.10 Å². The lowest BCUT2D eigenvalue weighted by molar-refractivity contribution is -0.167. The van der Waals surface area contributed by atoms with Gasteiger partial charge in [0.05, 0.1) is 0 Å². The van der Waals surface area contributed by atoms with Gasteiger partial charge in [0.15, 0.2) is 6.10 Å². The zero-order valence-corrected chi connectivity index (χ0v) is 42.8. The number of ether oxygens (including phenoxy) is 3. The molecule has 0 spiro atoms. The number of carbonyl (C=O) groups is 3. The third kappa shape index (κ3) is 50.6. The first-order valence-electron chi connectivity index (χ1n) is 28.0.